The first kappa shape index (κ1) is 20.7. The summed E-state index contributed by atoms with van der Waals surface area (Å²) in [6.45, 7) is 5.38. The lowest BCUT2D eigenvalue weighted by Gasteiger charge is -2.20. The Labute approximate surface area is 158 Å². The van der Waals surface area contributed by atoms with E-state index < -0.39 is 34.1 Å². The maximum Gasteiger partial charge on any atom is 0.417 e. The van der Waals surface area contributed by atoms with Gasteiger partial charge in [-0.05, 0) is 51.1 Å². The van der Waals surface area contributed by atoms with Crippen LogP contribution >= 0.6 is 11.6 Å². The lowest BCUT2D eigenvalue weighted by atomic mass is 10.1. The van der Waals surface area contributed by atoms with Gasteiger partial charge in [0, 0.05) is 11.2 Å². The van der Waals surface area contributed by atoms with Crippen LogP contribution in [0.25, 0.3) is 0 Å². The molecule has 2 amide bonds. The predicted octanol–water partition coefficient (Wildman–Crippen LogP) is 4.53. The van der Waals surface area contributed by atoms with Gasteiger partial charge in [0.15, 0.2) is 0 Å². The second kappa shape index (κ2) is 7.56. The maximum atomic E-state index is 12.9. The largest absolute Gasteiger partial charge is 0.417 e. The summed E-state index contributed by atoms with van der Waals surface area (Å²) >= 11 is 5.55. The van der Waals surface area contributed by atoms with Gasteiger partial charge < -0.3 is 10.6 Å². The quantitative estimate of drug-likeness (QED) is 0.796. The Balaban J connectivity index is 2.22. The van der Waals surface area contributed by atoms with Gasteiger partial charge in [-0.15, -0.1) is 0 Å². The van der Waals surface area contributed by atoms with Gasteiger partial charge >= 0.3 is 6.18 Å². The SMILES string of the molecule is CC(C)(C)NC(=O)c1cccc(C(=O)Nc2ccc(Cl)c(C(F)(F)F)c2)n1. The topological polar surface area (TPSA) is 71.1 Å². The summed E-state index contributed by atoms with van der Waals surface area (Å²) in [5.41, 5.74) is -1.74. The highest BCUT2D eigenvalue weighted by Crippen LogP contribution is 2.36. The van der Waals surface area contributed by atoms with Crippen LogP contribution in [-0.4, -0.2) is 22.3 Å². The van der Waals surface area contributed by atoms with E-state index in [0.717, 1.165) is 12.1 Å². The van der Waals surface area contributed by atoms with Crippen molar-refractivity contribution in [3.63, 3.8) is 0 Å². The van der Waals surface area contributed by atoms with Crippen LogP contribution in [0.15, 0.2) is 36.4 Å². The molecule has 0 bridgehead atoms. The third kappa shape index (κ3) is 5.68. The molecule has 2 rings (SSSR count). The van der Waals surface area contributed by atoms with Crippen LogP contribution in [0, 0.1) is 0 Å². The zero-order chi connectivity index (χ0) is 20.4. The van der Waals surface area contributed by atoms with E-state index in [2.05, 4.69) is 15.6 Å². The number of anilines is 1. The monoisotopic (exact) mass is 399 g/mol. The van der Waals surface area contributed by atoms with Crippen molar-refractivity contribution in [3.05, 3.63) is 58.4 Å². The van der Waals surface area contributed by atoms with Gasteiger partial charge in [0.05, 0.1) is 10.6 Å². The number of pyridine rings is 1. The van der Waals surface area contributed by atoms with Crippen molar-refractivity contribution in [2.75, 3.05) is 5.32 Å². The van der Waals surface area contributed by atoms with Gasteiger partial charge in [0.25, 0.3) is 11.8 Å². The van der Waals surface area contributed by atoms with Crippen molar-refractivity contribution >= 4 is 29.1 Å². The van der Waals surface area contributed by atoms with E-state index in [4.69, 9.17) is 11.6 Å². The minimum atomic E-state index is -4.65. The molecule has 5 nitrogen and oxygen atoms in total. The van der Waals surface area contributed by atoms with E-state index in [0.29, 0.717) is 0 Å². The average molecular weight is 400 g/mol. The summed E-state index contributed by atoms with van der Waals surface area (Å²) in [6, 6.07) is 7.26. The molecule has 27 heavy (non-hydrogen) atoms. The number of carbonyl (C=O) groups excluding carboxylic acids is 2. The van der Waals surface area contributed by atoms with Gasteiger partial charge in [-0.3, -0.25) is 9.59 Å². The molecule has 9 heteroatoms. The molecule has 1 aromatic heterocycles. The number of nitrogens with one attached hydrogen (secondary N) is 2. The number of carbonyl (C=O) groups is 2. The first-order valence-corrected chi connectivity index (χ1v) is 8.22. The summed E-state index contributed by atoms with van der Waals surface area (Å²) < 4.78 is 38.7. The minimum Gasteiger partial charge on any atom is -0.346 e. The van der Waals surface area contributed by atoms with Gasteiger partial charge in [-0.1, -0.05) is 17.7 Å². The van der Waals surface area contributed by atoms with E-state index in [1.54, 1.807) is 20.8 Å². The van der Waals surface area contributed by atoms with Crippen LogP contribution in [0.3, 0.4) is 0 Å². The van der Waals surface area contributed by atoms with Crippen molar-refractivity contribution < 1.29 is 22.8 Å². The molecule has 0 fully saturated rings. The molecule has 0 saturated heterocycles. The zero-order valence-electron chi connectivity index (χ0n) is 14.7. The van der Waals surface area contributed by atoms with Crippen LogP contribution in [-0.2, 0) is 6.18 Å². The number of amides is 2. The molecule has 2 aromatic rings. The van der Waals surface area contributed by atoms with E-state index in [9.17, 15) is 22.8 Å². The number of aromatic nitrogens is 1. The molecule has 0 aliphatic rings. The Bertz CT molecular complexity index is 877. The normalized spacial score (nSPS) is 11.8. The molecule has 0 atom stereocenters. The molecule has 0 radical (unpaired) electrons. The summed E-state index contributed by atoms with van der Waals surface area (Å²) in [5, 5.41) is 4.56. The smallest absolute Gasteiger partial charge is 0.346 e. The third-order valence-corrected chi connectivity index (χ3v) is 3.56. The Morgan fingerprint density at radius 2 is 1.59 bits per heavy atom. The van der Waals surface area contributed by atoms with Crippen molar-refractivity contribution in [3.8, 4) is 0 Å². The van der Waals surface area contributed by atoms with Gasteiger partial charge in [0.1, 0.15) is 11.4 Å². The van der Waals surface area contributed by atoms with E-state index >= 15 is 0 Å². The molecule has 0 spiro atoms. The molecule has 2 N–H and O–H groups in total. The van der Waals surface area contributed by atoms with E-state index in [1.807, 2.05) is 0 Å². The molecule has 0 saturated carbocycles. The fourth-order valence-corrected chi connectivity index (χ4v) is 2.33. The average Bonchev–Trinajstić information content (AvgIpc) is 2.54. The van der Waals surface area contributed by atoms with Gasteiger partial charge in [-0.2, -0.15) is 13.2 Å². The Hall–Kier alpha value is -2.61. The van der Waals surface area contributed by atoms with Crippen molar-refractivity contribution in [2.45, 2.75) is 32.5 Å². The molecule has 1 aromatic carbocycles. The predicted molar refractivity (Wildman–Crippen MR) is 95.9 cm³/mol. The Kier molecular flexibility index (Phi) is 5.79. The molecular formula is C18H17ClF3N3O2. The van der Waals surface area contributed by atoms with Crippen molar-refractivity contribution in [1.29, 1.82) is 0 Å². The molecular weight excluding hydrogens is 383 g/mol. The van der Waals surface area contributed by atoms with Crippen molar-refractivity contribution in [2.24, 2.45) is 0 Å². The zero-order valence-corrected chi connectivity index (χ0v) is 15.5. The molecule has 1 heterocycles. The number of rotatable bonds is 3. The highest BCUT2D eigenvalue weighted by molar-refractivity contribution is 6.31. The van der Waals surface area contributed by atoms with Crippen molar-refractivity contribution in [1.82, 2.24) is 10.3 Å². The van der Waals surface area contributed by atoms with Crippen LogP contribution in [0.1, 0.15) is 47.3 Å². The van der Waals surface area contributed by atoms with Gasteiger partial charge in [0.2, 0.25) is 0 Å². The van der Waals surface area contributed by atoms with Gasteiger partial charge in [-0.25, -0.2) is 4.98 Å². The second-order valence-electron chi connectivity index (χ2n) is 6.76. The molecule has 0 unspecified atom stereocenters. The second-order valence-corrected chi connectivity index (χ2v) is 7.17. The molecule has 0 aliphatic carbocycles. The fraction of sp³-hybridized carbons (Fsp3) is 0.278. The summed E-state index contributed by atoms with van der Waals surface area (Å²) in [4.78, 5) is 28.4. The molecule has 144 valence electrons. The number of benzene rings is 1. The lowest BCUT2D eigenvalue weighted by molar-refractivity contribution is -0.137. The number of nitrogens with zero attached hydrogens (tertiary/aromatic N) is 1. The highest BCUT2D eigenvalue weighted by Gasteiger charge is 2.33. The lowest BCUT2D eigenvalue weighted by Crippen LogP contribution is -2.41. The number of hydrogen-bond donors (Lipinski definition) is 2. The van der Waals surface area contributed by atoms with Crippen LogP contribution in [0.5, 0.6) is 0 Å². The number of hydrogen-bond acceptors (Lipinski definition) is 3. The summed E-state index contributed by atoms with van der Waals surface area (Å²) in [7, 11) is 0. The highest BCUT2D eigenvalue weighted by atomic mass is 35.5. The Morgan fingerprint density at radius 1 is 1.00 bits per heavy atom. The first-order chi connectivity index (χ1) is 12.4. The number of alkyl halides is 3. The third-order valence-electron chi connectivity index (χ3n) is 3.23. The molecule has 0 aliphatic heterocycles. The van der Waals surface area contributed by atoms with E-state index in [1.165, 1.54) is 24.3 Å². The maximum absolute atomic E-state index is 12.9. The Morgan fingerprint density at radius 3 is 2.15 bits per heavy atom. The fourth-order valence-electron chi connectivity index (χ4n) is 2.11. The minimum absolute atomic E-state index is 0.0182. The number of halogens is 4. The standard InChI is InChI=1S/C18H17ClF3N3O2/c1-17(2,3)25-16(27)14-6-4-5-13(24-14)15(26)23-10-7-8-12(19)11(9-10)18(20,21)22/h4-9H,1-3H3,(H,23,26)(H,25,27). The van der Waals surface area contributed by atoms with E-state index in [-0.39, 0.29) is 17.1 Å². The van der Waals surface area contributed by atoms with Crippen LogP contribution < -0.4 is 10.6 Å². The van der Waals surface area contributed by atoms with Crippen LogP contribution in [0.4, 0.5) is 18.9 Å². The summed E-state index contributed by atoms with van der Waals surface area (Å²) in [6.07, 6.45) is -4.65. The first-order valence-electron chi connectivity index (χ1n) is 7.84. The van der Waals surface area contributed by atoms with Crippen LogP contribution in [0.2, 0.25) is 5.02 Å². The summed E-state index contributed by atoms with van der Waals surface area (Å²) in [5.74, 6) is -1.22.